The average Bonchev–Trinajstić information content (AvgIpc) is 3.37. The van der Waals surface area contributed by atoms with Crippen LogP contribution in [0.1, 0.15) is 75.1 Å². The molecule has 74 heavy (non-hydrogen) atoms. The molecule has 3 amide bonds. The number of aromatic nitrogens is 1. The van der Waals surface area contributed by atoms with Gasteiger partial charge in [0.1, 0.15) is 31.4 Å². The quantitative estimate of drug-likeness (QED) is 0.0366. The monoisotopic (exact) mass is 1080 g/mol. The second-order valence-electron chi connectivity index (χ2n) is 17.4. The number of rotatable bonds is 38. The Kier molecular flexibility index (Phi) is 29.5. The fourth-order valence-electron chi connectivity index (χ4n) is 7.81. The molecule has 414 valence electrons. The number of carboxylic acid groups (broad SMARTS) is 1. The number of esters is 2. The molecule has 1 aromatic carbocycles. The van der Waals surface area contributed by atoms with Gasteiger partial charge in [-0.3, -0.25) is 37.8 Å². The summed E-state index contributed by atoms with van der Waals surface area (Å²) in [6, 6.07) is 11.7. The van der Waals surface area contributed by atoms with Gasteiger partial charge in [-0.15, -0.1) is 11.8 Å². The number of aliphatic carboxylic acids is 1. The lowest BCUT2D eigenvalue weighted by atomic mass is 9.82. The molecular formula is C49H74N5O18PS. The minimum absolute atomic E-state index is 0.0358. The standard InChI is InChI=1S/C49H74N5O18PS/c1-36(55)69-32-44(72-37(2)56)33-71-73(62,63)70-21-17-50-45(57)34-67-25-24-64-20-16-51-46(58)35-74-29-28-66-23-22-65-26-27-68-43-10-6-39(7-11-43)41(31-48(60)61)30-38-13-18-54(19-14-38)47(59)12-9-42-8-5-40-4-3-15-52-49(40)53-42/h5-8,10-11,38,41,44H,3-4,9,12-35H2,1-2H3,(H,50,57)(H,51,58)(H,52,53)(H,60,61)(H,62,63). The Morgan fingerprint density at radius 1 is 0.824 bits per heavy atom. The van der Waals surface area contributed by atoms with Gasteiger partial charge in [-0.1, -0.05) is 18.2 Å². The number of likely N-dealkylation sites (tertiary alicyclic amines) is 1. The van der Waals surface area contributed by atoms with Crippen LogP contribution in [0, 0.1) is 5.92 Å². The molecule has 3 heterocycles. The number of thioether (sulfide) groups is 1. The van der Waals surface area contributed by atoms with Crippen molar-refractivity contribution in [2.75, 3.05) is 129 Å². The summed E-state index contributed by atoms with van der Waals surface area (Å²) in [6.07, 6.45) is 4.53. The predicted molar refractivity (Wildman–Crippen MR) is 271 cm³/mol. The Morgan fingerprint density at radius 3 is 2.24 bits per heavy atom. The van der Waals surface area contributed by atoms with Crippen molar-refractivity contribution in [1.82, 2.24) is 20.5 Å². The average molecular weight is 1080 g/mol. The van der Waals surface area contributed by atoms with E-state index in [4.69, 9.17) is 47.2 Å². The van der Waals surface area contributed by atoms with Crippen LogP contribution in [0.5, 0.6) is 5.75 Å². The number of pyridine rings is 1. The lowest BCUT2D eigenvalue weighted by Gasteiger charge is -2.33. The van der Waals surface area contributed by atoms with Crippen molar-refractivity contribution in [3.63, 3.8) is 0 Å². The number of carboxylic acids is 1. The number of carbonyl (C=O) groups excluding carboxylic acids is 5. The molecule has 2 aromatic rings. The molecule has 23 nitrogen and oxygen atoms in total. The number of nitrogens with zero attached hydrogens (tertiary/aromatic N) is 2. The molecule has 0 saturated carbocycles. The van der Waals surface area contributed by atoms with E-state index in [0.717, 1.165) is 69.6 Å². The second-order valence-corrected chi connectivity index (χ2v) is 19.9. The lowest BCUT2D eigenvalue weighted by Crippen LogP contribution is -2.39. The summed E-state index contributed by atoms with van der Waals surface area (Å²) in [5, 5.41) is 18.3. The van der Waals surface area contributed by atoms with E-state index in [-0.39, 0.29) is 76.1 Å². The van der Waals surface area contributed by atoms with Crippen LogP contribution in [-0.4, -0.2) is 185 Å². The van der Waals surface area contributed by atoms with Gasteiger partial charge < -0.3 is 64.0 Å². The van der Waals surface area contributed by atoms with Crippen LogP contribution in [0.15, 0.2) is 36.4 Å². The van der Waals surface area contributed by atoms with Crippen molar-refractivity contribution in [3.05, 3.63) is 53.2 Å². The molecule has 2 aliphatic heterocycles. The van der Waals surface area contributed by atoms with E-state index in [9.17, 15) is 43.3 Å². The van der Waals surface area contributed by atoms with Gasteiger partial charge in [-0.05, 0) is 79.7 Å². The van der Waals surface area contributed by atoms with Gasteiger partial charge in [-0.25, -0.2) is 9.55 Å². The summed E-state index contributed by atoms with van der Waals surface area (Å²) in [6.45, 7) is 5.56. The molecule has 1 fully saturated rings. The van der Waals surface area contributed by atoms with Gasteiger partial charge in [-0.2, -0.15) is 0 Å². The van der Waals surface area contributed by atoms with E-state index in [1.165, 1.54) is 17.3 Å². The predicted octanol–water partition coefficient (Wildman–Crippen LogP) is 3.30. The van der Waals surface area contributed by atoms with Gasteiger partial charge in [0.2, 0.25) is 17.7 Å². The summed E-state index contributed by atoms with van der Waals surface area (Å²) in [7, 11) is -4.56. The number of anilines is 1. The van der Waals surface area contributed by atoms with E-state index >= 15 is 0 Å². The number of phosphoric acid groups is 1. The molecular weight excluding hydrogens is 1010 g/mol. The highest BCUT2D eigenvalue weighted by molar-refractivity contribution is 7.99. The van der Waals surface area contributed by atoms with E-state index in [1.807, 2.05) is 35.2 Å². The van der Waals surface area contributed by atoms with Crippen LogP contribution in [0.25, 0.3) is 0 Å². The number of carbonyl (C=O) groups is 6. The van der Waals surface area contributed by atoms with Crippen LogP contribution < -0.4 is 20.7 Å². The number of hydrogen-bond donors (Lipinski definition) is 5. The molecule has 0 aliphatic carbocycles. The first-order valence-corrected chi connectivity index (χ1v) is 27.6. The molecule has 0 bridgehead atoms. The number of fused-ring (bicyclic) bond motifs is 1. The SMILES string of the molecule is CC(=O)OCC(COP(=O)(O)OCCNC(=O)COCCOCCNC(=O)CSCCOCCOCCOc1ccc(C(CC(=O)O)CC2CCN(C(=O)CCc3ccc4c(n3)NCCC4)CC2)cc1)OC(C)=O. The zero-order valence-electron chi connectivity index (χ0n) is 42.5. The summed E-state index contributed by atoms with van der Waals surface area (Å²) < 4.78 is 58.9. The molecule has 1 aromatic heterocycles. The number of piperidine rings is 1. The molecule has 2 aliphatic rings. The first kappa shape index (κ1) is 61.6. The largest absolute Gasteiger partial charge is 0.491 e. The highest BCUT2D eigenvalue weighted by Gasteiger charge is 2.28. The maximum absolute atomic E-state index is 13.1. The van der Waals surface area contributed by atoms with Crippen LogP contribution in [0.2, 0.25) is 0 Å². The maximum atomic E-state index is 13.1. The summed E-state index contributed by atoms with van der Waals surface area (Å²) in [4.78, 5) is 87.6. The Morgan fingerprint density at radius 2 is 1.51 bits per heavy atom. The van der Waals surface area contributed by atoms with Gasteiger partial charge in [0.05, 0.1) is 71.6 Å². The number of amides is 3. The van der Waals surface area contributed by atoms with Gasteiger partial charge in [0.25, 0.3) is 0 Å². The molecule has 0 spiro atoms. The van der Waals surface area contributed by atoms with Crippen molar-refractivity contribution in [2.24, 2.45) is 5.92 Å². The smallest absolute Gasteiger partial charge is 0.472 e. The molecule has 25 heteroatoms. The number of phosphoric ester groups is 1. The van der Waals surface area contributed by atoms with E-state index in [1.54, 1.807) is 0 Å². The molecule has 1 saturated heterocycles. The number of nitrogens with one attached hydrogen (secondary N) is 3. The number of ether oxygens (including phenoxy) is 7. The van der Waals surface area contributed by atoms with E-state index in [2.05, 4.69) is 22.0 Å². The summed E-state index contributed by atoms with van der Waals surface area (Å²) >= 11 is 1.43. The zero-order chi connectivity index (χ0) is 53.4. The Hall–Kier alpha value is -4.91. The zero-order valence-corrected chi connectivity index (χ0v) is 44.2. The van der Waals surface area contributed by atoms with Gasteiger partial charge in [0, 0.05) is 64.4 Å². The lowest BCUT2D eigenvalue weighted by molar-refractivity contribution is -0.158. The Bertz CT molecular complexity index is 2080. The molecule has 0 radical (unpaired) electrons. The highest BCUT2D eigenvalue weighted by atomic mass is 32.2. The normalized spacial score (nSPS) is 15.1. The van der Waals surface area contributed by atoms with Gasteiger partial charge in [0.15, 0.2) is 6.10 Å². The third kappa shape index (κ3) is 27.0. The fourth-order valence-corrected chi connectivity index (χ4v) is 9.22. The molecule has 3 atom stereocenters. The van der Waals surface area contributed by atoms with Crippen molar-refractivity contribution in [3.8, 4) is 5.75 Å². The van der Waals surface area contributed by atoms with Gasteiger partial charge >= 0.3 is 25.7 Å². The minimum Gasteiger partial charge on any atom is -0.491 e. The molecule has 5 N–H and O–H groups in total. The topological polar surface area (TPSA) is 295 Å². The number of aryl methyl sites for hydroxylation is 2. The Labute approximate surface area is 436 Å². The highest BCUT2D eigenvalue weighted by Crippen LogP contribution is 2.43. The fraction of sp³-hybridized carbons (Fsp3) is 0.653. The third-order valence-electron chi connectivity index (χ3n) is 11.5. The number of benzene rings is 1. The van der Waals surface area contributed by atoms with Crippen molar-refractivity contribution >= 4 is 61.0 Å². The van der Waals surface area contributed by atoms with Crippen molar-refractivity contribution in [1.29, 1.82) is 0 Å². The van der Waals surface area contributed by atoms with E-state index < -0.39 is 44.3 Å². The van der Waals surface area contributed by atoms with Crippen LogP contribution in [0.4, 0.5) is 5.82 Å². The van der Waals surface area contributed by atoms with Crippen LogP contribution in [0.3, 0.4) is 0 Å². The summed E-state index contributed by atoms with van der Waals surface area (Å²) in [5.74, 6) is -0.0149. The summed E-state index contributed by atoms with van der Waals surface area (Å²) in [5.41, 5.74) is 3.12. The Balaban J connectivity index is 0.921. The van der Waals surface area contributed by atoms with E-state index in [0.29, 0.717) is 82.9 Å². The second kappa shape index (κ2) is 35.4. The maximum Gasteiger partial charge on any atom is 0.472 e. The first-order chi connectivity index (χ1) is 35.7. The molecule has 4 rings (SSSR count). The van der Waals surface area contributed by atoms with Crippen molar-refractivity contribution < 1.29 is 85.5 Å². The minimum atomic E-state index is -4.56. The first-order valence-electron chi connectivity index (χ1n) is 24.9. The van der Waals surface area contributed by atoms with Crippen molar-refractivity contribution in [2.45, 2.75) is 77.2 Å². The molecule has 3 unspecified atom stereocenters. The van der Waals surface area contributed by atoms with Crippen LogP contribution >= 0.6 is 19.6 Å². The third-order valence-corrected chi connectivity index (χ3v) is 13.4. The number of hydrogen-bond acceptors (Lipinski definition) is 19. The van der Waals surface area contributed by atoms with Crippen LogP contribution in [-0.2, 0) is 83.6 Å².